The van der Waals surface area contributed by atoms with Crippen molar-refractivity contribution in [3.63, 3.8) is 0 Å². The van der Waals surface area contributed by atoms with Gasteiger partial charge in [0.1, 0.15) is 12.4 Å². The Balaban J connectivity index is 1.39. The van der Waals surface area contributed by atoms with Gasteiger partial charge in [0, 0.05) is 43.8 Å². The van der Waals surface area contributed by atoms with Crippen LogP contribution < -0.4 is 4.74 Å². The molecule has 1 aliphatic carbocycles. The number of morpholine rings is 1. The van der Waals surface area contributed by atoms with Crippen LogP contribution in [0.25, 0.3) is 0 Å². The number of para-hydroxylation sites is 1. The van der Waals surface area contributed by atoms with E-state index in [0.717, 1.165) is 44.5 Å². The molecule has 2 aliphatic heterocycles. The molecule has 1 aromatic carbocycles. The minimum atomic E-state index is 0.555. The predicted molar refractivity (Wildman–Crippen MR) is 95.2 cm³/mol. The molecule has 4 nitrogen and oxygen atoms in total. The van der Waals surface area contributed by atoms with Crippen molar-refractivity contribution in [3.8, 4) is 5.75 Å². The Kier molecular flexibility index (Phi) is 4.88. The Morgan fingerprint density at radius 3 is 2.92 bits per heavy atom. The number of rotatable bonds is 6. The quantitative estimate of drug-likeness (QED) is 0.749. The smallest absolute Gasteiger partial charge is 0.124 e. The van der Waals surface area contributed by atoms with E-state index in [1.807, 2.05) is 6.07 Å². The Morgan fingerprint density at radius 2 is 2.08 bits per heavy atom. The van der Waals surface area contributed by atoms with Gasteiger partial charge in [-0.15, -0.1) is 0 Å². The Labute approximate surface area is 145 Å². The molecule has 130 valence electrons. The number of benzene rings is 1. The summed E-state index contributed by atoms with van der Waals surface area (Å²) in [5.41, 5.74) is 1.27. The summed E-state index contributed by atoms with van der Waals surface area (Å²) in [4.78, 5) is 5.29. The average Bonchev–Trinajstić information content (AvgIpc) is 3.45. The minimum absolute atomic E-state index is 0.555. The molecule has 0 unspecified atom stereocenters. The van der Waals surface area contributed by atoms with Gasteiger partial charge in [0.2, 0.25) is 0 Å². The van der Waals surface area contributed by atoms with Crippen LogP contribution in [0.4, 0.5) is 0 Å². The number of hydrogen-bond donors (Lipinski definition) is 0. The summed E-state index contributed by atoms with van der Waals surface area (Å²) < 4.78 is 11.7. The van der Waals surface area contributed by atoms with Crippen LogP contribution in [0.5, 0.6) is 5.75 Å². The van der Waals surface area contributed by atoms with Gasteiger partial charge in [0.25, 0.3) is 0 Å². The van der Waals surface area contributed by atoms with Crippen LogP contribution in [-0.2, 0) is 11.3 Å². The highest BCUT2D eigenvalue weighted by molar-refractivity contribution is 5.33. The van der Waals surface area contributed by atoms with Crippen LogP contribution in [0.3, 0.4) is 0 Å². The molecule has 0 spiro atoms. The zero-order valence-electron chi connectivity index (χ0n) is 14.4. The average molecular weight is 328 g/mol. The van der Waals surface area contributed by atoms with Gasteiger partial charge in [0.05, 0.1) is 13.2 Å². The molecule has 2 atom stereocenters. The van der Waals surface area contributed by atoms with Crippen LogP contribution >= 0.6 is 0 Å². The van der Waals surface area contributed by atoms with Crippen molar-refractivity contribution in [1.29, 1.82) is 0 Å². The molecule has 1 aromatic rings. The van der Waals surface area contributed by atoms with Crippen LogP contribution in [0, 0.1) is 5.92 Å². The van der Waals surface area contributed by atoms with Crippen molar-refractivity contribution >= 4 is 0 Å². The molecule has 2 saturated heterocycles. The van der Waals surface area contributed by atoms with Crippen molar-refractivity contribution in [1.82, 2.24) is 9.80 Å². The summed E-state index contributed by atoms with van der Waals surface area (Å²) in [6, 6.07) is 9.60. The van der Waals surface area contributed by atoms with Crippen molar-refractivity contribution in [2.75, 3.05) is 39.5 Å². The van der Waals surface area contributed by atoms with Gasteiger partial charge >= 0.3 is 0 Å². The van der Waals surface area contributed by atoms with Gasteiger partial charge in [-0.1, -0.05) is 30.9 Å². The van der Waals surface area contributed by atoms with Gasteiger partial charge < -0.3 is 9.47 Å². The third kappa shape index (κ3) is 3.51. The third-order valence-corrected chi connectivity index (χ3v) is 5.53. The first-order valence-corrected chi connectivity index (χ1v) is 9.22. The molecule has 0 amide bonds. The molecule has 0 aromatic heterocycles. The molecule has 4 rings (SSSR count). The maximum Gasteiger partial charge on any atom is 0.124 e. The van der Waals surface area contributed by atoms with Crippen LogP contribution in [0.2, 0.25) is 0 Å². The molecule has 3 aliphatic rings. The van der Waals surface area contributed by atoms with Crippen molar-refractivity contribution in [3.05, 3.63) is 42.5 Å². The molecule has 3 fully saturated rings. The minimum Gasteiger partial charge on any atom is -0.489 e. The third-order valence-electron chi connectivity index (χ3n) is 5.53. The van der Waals surface area contributed by atoms with Gasteiger partial charge in [-0.2, -0.15) is 0 Å². The number of nitrogens with zero attached hydrogens (tertiary/aromatic N) is 2. The number of fused-ring (bicyclic) bond motifs is 1. The van der Waals surface area contributed by atoms with Crippen LogP contribution in [-0.4, -0.2) is 61.3 Å². The SMILES string of the molecule is C=CCOc1ccccc1CN1CCN2[C@@H](COC[C@@H]2C2CC2)C1. The first-order chi connectivity index (χ1) is 11.8. The molecule has 2 heterocycles. The van der Waals surface area contributed by atoms with E-state index in [-0.39, 0.29) is 0 Å². The second-order valence-corrected chi connectivity index (χ2v) is 7.28. The highest BCUT2D eigenvalue weighted by Crippen LogP contribution is 2.38. The first-order valence-electron chi connectivity index (χ1n) is 9.22. The van der Waals surface area contributed by atoms with E-state index >= 15 is 0 Å². The lowest BCUT2D eigenvalue weighted by molar-refractivity contribution is -0.0880. The molecule has 0 N–H and O–H groups in total. The van der Waals surface area contributed by atoms with Crippen LogP contribution in [0.15, 0.2) is 36.9 Å². The normalized spacial score (nSPS) is 28.3. The zero-order chi connectivity index (χ0) is 16.4. The molecule has 1 saturated carbocycles. The summed E-state index contributed by atoms with van der Waals surface area (Å²) in [5, 5.41) is 0. The zero-order valence-corrected chi connectivity index (χ0v) is 14.4. The highest BCUT2D eigenvalue weighted by atomic mass is 16.5. The van der Waals surface area contributed by atoms with E-state index in [9.17, 15) is 0 Å². The fourth-order valence-corrected chi connectivity index (χ4v) is 4.14. The summed E-state index contributed by atoms with van der Waals surface area (Å²) in [7, 11) is 0. The first kappa shape index (κ1) is 16.1. The molecular weight excluding hydrogens is 300 g/mol. The Morgan fingerprint density at radius 1 is 1.21 bits per heavy atom. The van der Waals surface area contributed by atoms with Crippen LogP contribution in [0.1, 0.15) is 18.4 Å². The maximum absolute atomic E-state index is 5.92. The van der Waals surface area contributed by atoms with Gasteiger partial charge in [-0.25, -0.2) is 0 Å². The maximum atomic E-state index is 5.92. The summed E-state index contributed by atoms with van der Waals surface area (Å²) in [6.07, 6.45) is 4.59. The highest BCUT2D eigenvalue weighted by Gasteiger charge is 2.42. The largest absolute Gasteiger partial charge is 0.489 e. The molecule has 0 radical (unpaired) electrons. The lowest BCUT2D eigenvalue weighted by atomic mass is 10.0. The van der Waals surface area contributed by atoms with E-state index in [1.54, 1.807) is 6.08 Å². The standard InChI is InChI=1S/C20H28N2O2/c1-2-11-24-20-6-4-3-5-17(20)12-21-9-10-22-18(13-21)14-23-15-19(22)16-7-8-16/h2-6,16,18-19H,1,7-15H2/t18-,19-/m1/s1. The lowest BCUT2D eigenvalue weighted by Crippen LogP contribution is -2.62. The van der Waals surface area contributed by atoms with E-state index in [1.165, 1.54) is 24.9 Å². The molecule has 4 heteroatoms. The van der Waals surface area contributed by atoms with E-state index in [4.69, 9.17) is 9.47 Å². The van der Waals surface area contributed by atoms with Crippen molar-refractivity contribution in [2.24, 2.45) is 5.92 Å². The molecule has 24 heavy (non-hydrogen) atoms. The molecule has 0 bridgehead atoms. The monoisotopic (exact) mass is 328 g/mol. The predicted octanol–water partition coefficient (Wildman–Crippen LogP) is 2.55. The van der Waals surface area contributed by atoms with Crippen molar-refractivity contribution < 1.29 is 9.47 Å². The Hall–Kier alpha value is -1.36. The number of hydrogen-bond acceptors (Lipinski definition) is 4. The van der Waals surface area contributed by atoms with E-state index in [2.05, 4.69) is 34.6 Å². The number of ether oxygens (including phenoxy) is 2. The molecular formula is C20H28N2O2. The summed E-state index contributed by atoms with van der Waals surface area (Å²) in [5.74, 6) is 1.88. The summed E-state index contributed by atoms with van der Waals surface area (Å²) in [6.45, 7) is 10.5. The van der Waals surface area contributed by atoms with Gasteiger partial charge in [-0.05, 0) is 24.8 Å². The Bertz CT molecular complexity index is 573. The number of piperazine rings is 1. The van der Waals surface area contributed by atoms with Gasteiger partial charge in [-0.3, -0.25) is 9.80 Å². The fraction of sp³-hybridized carbons (Fsp3) is 0.600. The topological polar surface area (TPSA) is 24.9 Å². The van der Waals surface area contributed by atoms with E-state index in [0.29, 0.717) is 18.7 Å². The lowest BCUT2D eigenvalue weighted by Gasteiger charge is -2.48. The van der Waals surface area contributed by atoms with E-state index < -0.39 is 0 Å². The summed E-state index contributed by atoms with van der Waals surface area (Å²) >= 11 is 0. The van der Waals surface area contributed by atoms with Crippen molar-refractivity contribution in [2.45, 2.75) is 31.5 Å². The second kappa shape index (κ2) is 7.26. The second-order valence-electron chi connectivity index (χ2n) is 7.28. The van der Waals surface area contributed by atoms with Gasteiger partial charge in [0.15, 0.2) is 0 Å². The fourth-order valence-electron chi connectivity index (χ4n) is 4.14.